The van der Waals surface area contributed by atoms with Crippen molar-refractivity contribution in [2.75, 3.05) is 17.3 Å². The smallest absolute Gasteiger partial charge is 0.266 e. The molecule has 1 heterocycles. The molecule has 3 aromatic carbocycles. The van der Waals surface area contributed by atoms with Crippen molar-refractivity contribution in [1.82, 2.24) is 5.32 Å². The number of carbonyl (C=O) groups is 3. The van der Waals surface area contributed by atoms with Gasteiger partial charge in [0.05, 0.1) is 29.5 Å². The number of para-hydroxylation sites is 1. The zero-order chi connectivity index (χ0) is 22.8. The molecule has 0 atom stereocenters. The number of methoxy groups -OCH3 is 1. The number of imide groups is 1. The van der Waals surface area contributed by atoms with Crippen molar-refractivity contribution >= 4 is 46.4 Å². The number of fused-ring (bicyclic) bond motifs is 1. The summed E-state index contributed by atoms with van der Waals surface area (Å²) in [6, 6.07) is 18.6. The quantitative estimate of drug-likeness (QED) is 0.467. The molecule has 0 unspecified atom stereocenters. The van der Waals surface area contributed by atoms with Crippen LogP contribution in [0.2, 0.25) is 0 Å². The highest BCUT2D eigenvalue weighted by molar-refractivity contribution is 7.80. The van der Waals surface area contributed by atoms with Crippen molar-refractivity contribution in [3.05, 3.63) is 89.0 Å². The molecule has 0 saturated heterocycles. The van der Waals surface area contributed by atoms with Crippen LogP contribution in [-0.4, -0.2) is 29.9 Å². The van der Waals surface area contributed by atoms with Gasteiger partial charge in [0.2, 0.25) is 0 Å². The number of thiocarbonyl (C=S) groups is 1. The van der Waals surface area contributed by atoms with E-state index in [2.05, 4.69) is 10.6 Å². The van der Waals surface area contributed by atoms with E-state index in [1.165, 1.54) is 7.11 Å². The molecule has 0 spiro atoms. The summed E-state index contributed by atoms with van der Waals surface area (Å²) in [5, 5.41) is 5.65. The van der Waals surface area contributed by atoms with Crippen molar-refractivity contribution in [3.63, 3.8) is 0 Å². The maximum atomic E-state index is 12.6. The number of benzene rings is 3. The maximum absolute atomic E-state index is 12.6. The fourth-order valence-corrected chi connectivity index (χ4v) is 3.76. The van der Waals surface area contributed by atoms with Crippen LogP contribution in [0.3, 0.4) is 0 Å². The number of hydrogen-bond acceptors (Lipinski definition) is 5. The fraction of sp³-hybridized carbons (Fsp3) is 0.0833. The minimum Gasteiger partial charge on any atom is -0.496 e. The molecule has 0 aromatic heterocycles. The molecule has 0 saturated carbocycles. The molecular formula is C24H19N3O4S. The zero-order valence-corrected chi connectivity index (χ0v) is 18.2. The third kappa shape index (κ3) is 3.83. The molecule has 32 heavy (non-hydrogen) atoms. The van der Waals surface area contributed by atoms with Crippen LogP contribution in [-0.2, 0) is 0 Å². The second-order valence-electron chi connectivity index (χ2n) is 7.10. The number of amides is 3. The standard InChI is InChI=1S/C24H19N3O4S/c1-14-6-5-9-19(20(14)31-2)21(28)26-24(32)25-15-10-12-16(13-11-15)27-22(29)17-7-3-4-8-18(17)23(27)30/h3-13H,1-2H3,(H2,25,26,28,32). The summed E-state index contributed by atoms with van der Waals surface area (Å²) in [5.74, 6) is -0.633. The molecule has 160 valence electrons. The van der Waals surface area contributed by atoms with Crippen molar-refractivity contribution in [2.45, 2.75) is 6.92 Å². The highest BCUT2D eigenvalue weighted by atomic mass is 32.1. The Kier molecular flexibility index (Phi) is 5.70. The molecule has 0 bridgehead atoms. The third-order valence-corrected chi connectivity index (χ3v) is 5.27. The van der Waals surface area contributed by atoms with Gasteiger partial charge in [0.15, 0.2) is 5.11 Å². The lowest BCUT2D eigenvalue weighted by molar-refractivity contribution is 0.0923. The molecule has 1 aliphatic rings. The second-order valence-corrected chi connectivity index (χ2v) is 7.51. The molecule has 4 rings (SSSR count). The second kappa shape index (κ2) is 8.60. The van der Waals surface area contributed by atoms with Crippen molar-refractivity contribution in [2.24, 2.45) is 0 Å². The van der Waals surface area contributed by atoms with E-state index >= 15 is 0 Å². The average Bonchev–Trinajstić information content (AvgIpc) is 3.04. The molecule has 8 heteroatoms. The third-order valence-electron chi connectivity index (χ3n) is 5.07. The van der Waals surface area contributed by atoms with Crippen molar-refractivity contribution < 1.29 is 19.1 Å². The highest BCUT2D eigenvalue weighted by Gasteiger charge is 2.36. The lowest BCUT2D eigenvalue weighted by Gasteiger charge is -2.15. The van der Waals surface area contributed by atoms with E-state index in [1.807, 2.05) is 13.0 Å². The van der Waals surface area contributed by atoms with Gasteiger partial charge in [0.1, 0.15) is 5.75 Å². The lowest BCUT2D eigenvalue weighted by atomic mass is 10.1. The number of nitrogens with zero attached hydrogens (tertiary/aromatic N) is 1. The van der Waals surface area contributed by atoms with E-state index in [-0.39, 0.29) is 16.9 Å². The fourth-order valence-electron chi connectivity index (χ4n) is 3.55. The van der Waals surface area contributed by atoms with E-state index in [9.17, 15) is 14.4 Å². The predicted molar refractivity (Wildman–Crippen MR) is 125 cm³/mol. The molecular weight excluding hydrogens is 426 g/mol. The summed E-state index contributed by atoms with van der Waals surface area (Å²) in [6.45, 7) is 1.85. The van der Waals surface area contributed by atoms with Crippen LogP contribution in [0.25, 0.3) is 0 Å². The van der Waals surface area contributed by atoms with Crippen LogP contribution in [0.5, 0.6) is 5.75 Å². The molecule has 0 fully saturated rings. The Hall–Kier alpha value is -4.04. The van der Waals surface area contributed by atoms with Gasteiger partial charge in [-0.05, 0) is 67.2 Å². The van der Waals surface area contributed by atoms with Crippen molar-refractivity contribution in [1.29, 1.82) is 0 Å². The number of hydrogen-bond donors (Lipinski definition) is 2. The molecule has 3 amide bonds. The molecule has 2 N–H and O–H groups in total. The van der Waals surface area contributed by atoms with Gasteiger partial charge in [-0.2, -0.15) is 0 Å². The largest absolute Gasteiger partial charge is 0.496 e. The predicted octanol–water partition coefficient (Wildman–Crippen LogP) is 3.93. The Morgan fingerprint density at radius 2 is 1.53 bits per heavy atom. The number of nitrogens with one attached hydrogen (secondary N) is 2. The summed E-state index contributed by atoms with van der Waals surface area (Å²) >= 11 is 5.25. The first-order valence-corrected chi connectivity index (χ1v) is 10.2. The van der Waals surface area contributed by atoms with Crippen LogP contribution in [0.15, 0.2) is 66.7 Å². The Morgan fingerprint density at radius 3 is 2.12 bits per heavy atom. The summed E-state index contributed by atoms with van der Waals surface area (Å²) < 4.78 is 5.32. The minimum absolute atomic E-state index is 0.104. The van der Waals surface area contributed by atoms with E-state index in [0.29, 0.717) is 33.8 Å². The van der Waals surface area contributed by atoms with Crippen LogP contribution >= 0.6 is 12.2 Å². The number of rotatable bonds is 4. The van der Waals surface area contributed by atoms with Crippen LogP contribution in [0.4, 0.5) is 11.4 Å². The summed E-state index contributed by atoms with van der Waals surface area (Å²) in [5.41, 5.74) is 3.01. The first kappa shape index (κ1) is 21.2. The Bertz CT molecular complexity index is 1220. The van der Waals surface area contributed by atoms with Gasteiger partial charge < -0.3 is 10.1 Å². The number of ether oxygens (including phenoxy) is 1. The van der Waals surface area contributed by atoms with Gasteiger partial charge in [0, 0.05) is 5.69 Å². The highest BCUT2D eigenvalue weighted by Crippen LogP contribution is 2.29. The Balaban J connectivity index is 1.44. The minimum atomic E-state index is -0.398. The van der Waals surface area contributed by atoms with E-state index < -0.39 is 5.91 Å². The Labute approximate surface area is 190 Å². The van der Waals surface area contributed by atoms with Crippen LogP contribution in [0, 0.1) is 6.92 Å². The normalized spacial score (nSPS) is 12.4. The monoisotopic (exact) mass is 445 g/mol. The van der Waals surface area contributed by atoms with Gasteiger partial charge in [-0.3, -0.25) is 19.7 Å². The van der Waals surface area contributed by atoms with E-state index in [0.717, 1.165) is 10.5 Å². The molecule has 3 aromatic rings. The average molecular weight is 446 g/mol. The van der Waals surface area contributed by atoms with Gasteiger partial charge in [-0.25, -0.2) is 4.90 Å². The lowest BCUT2D eigenvalue weighted by Crippen LogP contribution is -2.34. The molecule has 1 aliphatic heterocycles. The van der Waals surface area contributed by atoms with Gasteiger partial charge in [-0.1, -0.05) is 24.3 Å². The first-order valence-electron chi connectivity index (χ1n) is 9.74. The summed E-state index contributed by atoms with van der Waals surface area (Å²) in [4.78, 5) is 38.9. The zero-order valence-electron chi connectivity index (χ0n) is 17.3. The van der Waals surface area contributed by atoms with Crippen molar-refractivity contribution in [3.8, 4) is 5.75 Å². The Morgan fingerprint density at radius 1 is 0.906 bits per heavy atom. The van der Waals surface area contributed by atoms with Crippen LogP contribution < -0.4 is 20.3 Å². The van der Waals surface area contributed by atoms with Gasteiger partial charge in [-0.15, -0.1) is 0 Å². The van der Waals surface area contributed by atoms with Gasteiger partial charge in [0.25, 0.3) is 17.7 Å². The summed E-state index contributed by atoms with van der Waals surface area (Å²) in [7, 11) is 1.51. The maximum Gasteiger partial charge on any atom is 0.266 e. The molecule has 0 aliphatic carbocycles. The van der Waals surface area contributed by atoms with Gasteiger partial charge >= 0.3 is 0 Å². The summed E-state index contributed by atoms with van der Waals surface area (Å²) in [6.07, 6.45) is 0. The van der Waals surface area contributed by atoms with E-state index in [1.54, 1.807) is 60.7 Å². The SMILES string of the molecule is COc1c(C)cccc1C(=O)NC(=S)Nc1ccc(N2C(=O)c3ccccc3C2=O)cc1. The number of aryl methyl sites for hydroxylation is 1. The number of carbonyl (C=O) groups excluding carboxylic acids is 3. The van der Waals surface area contributed by atoms with Crippen LogP contribution in [0.1, 0.15) is 36.6 Å². The first-order chi connectivity index (χ1) is 15.4. The molecule has 7 nitrogen and oxygen atoms in total. The topological polar surface area (TPSA) is 87.7 Å². The van der Waals surface area contributed by atoms with E-state index in [4.69, 9.17) is 17.0 Å². The molecule has 0 radical (unpaired) electrons. The number of anilines is 2.